The van der Waals surface area contributed by atoms with Crippen molar-refractivity contribution in [3.8, 4) is 0 Å². The Hall–Kier alpha value is -1.39. The van der Waals surface area contributed by atoms with Crippen LogP contribution in [0.25, 0.3) is 0 Å². The highest BCUT2D eigenvalue weighted by Crippen LogP contribution is 2.21. The molecule has 5 heteroatoms. The lowest BCUT2D eigenvalue weighted by Crippen LogP contribution is -2.12. The van der Waals surface area contributed by atoms with E-state index in [-0.39, 0.29) is 5.91 Å². The van der Waals surface area contributed by atoms with Crippen molar-refractivity contribution in [3.05, 3.63) is 45.4 Å². The molecule has 82 valence electrons. The number of thiophene rings is 1. The van der Waals surface area contributed by atoms with Crippen LogP contribution in [-0.2, 0) is 0 Å². The Morgan fingerprint density at radius 3 is 2.94 bits per heavy atom. The van der Waals surface area contributed by atoms with E-state index in [1.807, 2.05) is 17.7 Å². The van der Waals surface area contributed by atoms with Crippen LogP contribution < -0.4 is 5.32 Å². The lowest BCUT2D eigenvalue weighted by molar-refractivity contribution is 0.102. The van der Waals surface area contributed by atoms with Crippen LogP contribution in [0.15, 0.2) is 29.2 Å². The summed E-state index contributed by atoms with van der Waals surface area (Å²) in [7, 11) is 0. The Labute approximate surface area is 102 Å². The monoisotopic (exact) mass is 252 g/mol. The summed E-state index contributed by atoms with van der Waals surface area (Å²) in [4.78, 5) is 15.8. The van der Waals surface area contributed by atoms with Gasteiger partial charge >= 0.3 is 0 Å². The van der Waals surface area contributed by atoms with Crippen molar-refractivity contribution in [3.63, 3.8) is 0 Å². The molecule has 0 aliphatic rings. The second-order valence-corrected chi connectivity index (χ2v) is 4.43. The van der Waals surface area contributed by atoms with E-state index in [0.717, 1.165) is 5.56 Å². The molecule has 2 heterocycles. The summed E-state index contributed by atoms with van der Waals surface area (Å²) in [5.41, 5.74) is 2.16. The number of pyridine rings is 1. The topological polar surface area (TPSA) is 42.0 Å². The van der Waals surface area contributed by atoms with Crippen LogP contribution >= 0.6 is 22.9 Å². The van der Waals surface area contributed by atoms with E-state index in [9.17, 15) is 4.79 Å². The largest absolute Gasteiger partial charge is 0.319 e. The number of nitrogens with zero attached hydrogens (tertiary/aromatic N) is 1. The molecule has 1 N–H and O–H groups in total. The molecule has 1 amide bonds. The van der Waals surface area contributed by atoms with E-state index in [2.05, 4.69) is 10.3 Å². The molecule has 2 rings (SSSR count). The number of halogens is 1. The summed E-state index contributed by atoms with van der Waals surface area (Å²) in [6.07, 6.45) is 3.11. The number of hydrogen-bond acceptors (Lipinski definition) is 3. The van der Waals surface area contributed by atoms with Gasteiger partial charge in [-0.15, -0.1) is 0 Å². The third kappa shape index (κ3) is 2.23. The maximum Gasteiger partial charge on any atom is 0.256 e. The molecular weight excluding hydrogens is 244 g/mol. The third-order valence-electron chi connectivity index (χ3n) is 2.12. The minimum absolute atomic E-state index is 0.159. The van der Waals surface area contributed by atoms with Crippen LogP contribution in [0, 0.1) is 6.92 Å². The molecule has 0 fully saturated rings. The van der Waals surface area contributed by atoms with Crippen molar-refractivity contribution < 1.29 is 4.79 Å². The number of amides is 1. The first-order valence-corrected chi connectivity index (χ1v) is 5.94. The maximum atomic E-state index is 11.9. The van der Waals surface area contributed by atoms with Crippen molar-refractivity contribution in [1.82, 2.24) is 4.98 Å². The lowest BCUT2D eigenvalue weighted by atomic mass is 10.2. The zero-order valence-electron chi connectivity index (χ0n) is 8.53. The van der Waals surface area contributed by atoms with Gasteiger partial charge in [0.15, 0.2) is 0 Å². The van der Waals surface area contributed by atoms with Gasteiger partial charge in [0.1, 0.15) is 0 Å². The quantitative estimate of drug-likeness (QED) is 0.891. The number of carbonyl (C=O) groups excluding carboxylic acids is 1. The SMILES string of the molecule is Cc1cscc1C(=O)Nc1cnccc1Cl. The molecule has 0 aliphatic carbocycles. The van der Waals surface area contributed by atoms with E-state index in [1.54, 1.807) is 12.3 Å². The molecule has 0 saturated heterocycles. The minimum Gasteiger partial charge on any atom is -0.319 e. The van der Waals surface area contributed by atoms with Gasteiger partial charge in [-0.1, -0.05) is 11.6 Å². The molecule has 0 atom stereocenters. The Bertz CT molecular complexity index is 524. The van der Waals surface area contributed by atoms with E-state index in [1.165, 1.54) is 17.5 Å². The zero-order valence-corrected chi connectivity index (χ0v) is 10.1. The molecule has 3 nitrogen and oxygen atoms in total. The first-order valence-electron chi connectivity index (χ1n) is 4.62. The van der Waals surface area contributed by atoms with Gasteiger partial charge in [-0.25, -0.2) is 0 Å². The summed E-state index contributed by atoms with van der Waals surface area (Å²) in [6, 6.07) is 1.64. The van der Waals surface area contributed by atoms with Crippen LogP contribution in [0.5, 0.6) is 0 Å². The number of carbonyl (C=O) groups is 1. The summed E-state index contributed by atoms with van der Waals surface area (Å²) in [5, 5.41) is 6.95. The molecule has 2 aromatic heterocycles. The fourth-order valence-corrected chi connectivity index (χ4v) is 2.23. The van der Waals surface area contributed by atoms with Crippen molar-refractivity contribution in [2.45, 2.75) is 6.92 Å². The van der Waals surface area contributed by atoms with Gasteiger partial charge in [-0.3, -0.25) is 9.78 Å². The minimum atomic E-state index is -0.159. The zero-order chi connectivity index (χ0) is 11.5. The van der Waals surface area contributed by atoms with Crippen LogP contribution in [0.3, 0.4) is 0 Å². The number of aromatic nitrogens is 1. The fraction of sp³-hybridized carbons (Fsp3) is 0.0909. The number of nitrogens with one attached hydrogen (secondary N) is 1. The fourth-order valence-electron chi connectivity index (χ4n) is 1.25. The van der Waals surface area contributed by atoms with Crippen molar-refractivity contribution >= 4 is 34.5 Å². The number of hydrogen-bond donors (Lipinski definition) is 1. The molecule has 0 bridgehead atoms. The molecule has 0 saturated carbocycles. The number of anilines is 1. The molecule has 0 aromatic carbocycles. The maximum absolute atomic E-state index is 11.9. The first-order chi connectivity index (χ1) is 7.68. The smallest absolute Gasteiger partial charge is 0.256 e. The molecule has 0 aliphatic heterocycles. The van der Waals surface area contributed by atoms with Gasteiger partial charge in [0, 0.05) is 11.6 Å². The lowest BCUT2D eigenvalue weighted by Gasteiger charge is -2.05. The Kier molecular flexibility index (Phi) is 3.22. The predicted octanol–water partition coefficient (Wildman–Crippen LogP) is 3.36. The molecule has 16 heavy (non-hydrogen) atoms. The summed E-state index contributed by atoms with van der Waals surface area (Å²) in [6.45, 7) is 1.90. The number of rotatable bonds is 2. The highest BCUT2D eigenvalue weighted by atomic mass is 35.5. The molecule has 0 unspecified atom stereocenters. The van der Waals surface area contributed by atoms with Crippen LogP contribution in [0.4, 0.5) is 5.69 Å². The van der Waals surface area contributed by atoms with Crippen molar-refractivity contribution in [1.29, 1.82) is 0 Å². The predicted molar refractivity (Wildman–Crippen MR) is 66.3 cm³/mol. The highest BCUT2D eigenvalue weighted by Gasteiger charge is 2.11. The highest BCUT2D eigenvalue weighted by molar-refractivity contribution is 7.08. The Morgan fingerprint density at radius 2 is 2.31 bits per heavy atom. The summed E-state index contributed by atoms with van der Waals surface area (Å²) < 4.78 is 0. The Morgan fingerprint density at radius 1 is 1.50 bits per heavy atom. The average molecular weight is 253 g/mol. The summed E-state index contributed by atoms with van der Waals surface area (Å²) in [5.74, 6) is -0.159. The Balaban J connectivity index is 2.21. The molecule has 0 spiro atoms. The van der Waals surface area contributed by atoms with E-state index >= 15 is 0 Å². The average Bonchev–Trinajstić information content (AvgIpc) is 2.68. The standard InChI is InChI=1S/C11H9ClN2OS/c1-7-5-16-6-8(7)11(15)14-10-4-13-3-2-9(10)12/h2-6H,1H3,(H,14,15). The van der Waals surface area contributed by atoms with Gasteiger partial charge in [0.05, 0.1) is 22.5 Å². The van der Waals surface area contributed by atoms with Crippen LogP contribution in [0.2, 0.25) is 5.02 Å². The normalized spacial score (nSPS) is 10.1. The second kappa shape index (κ2) is 4.63. The van der Waals surface area contributed by atoms with E-state index in [4.69, 9.17) is 11.6 Å². The third-order valence-corrected chi connectivity index (χ3v) is 3.31. The van der Waals surface area contributed by atoms with Crippen molar-refractivity contribution in [2.75, 3.05) is 5.32 Å². The van der Waals surface area contributed by atoms with Gasteiger partial charge in [-0.05, 0) is 23.9 Å². The van der Waals surface area contributed by atoms with Gasteiger partial charge < -0.3 is 5.32 Å². The van der Waals surface area contributed by atoms with Crippen molar-refractivity contribution in [2.24, 2.45) is 0 Å². The molecular formula is C11H9ClN2OS. The van der Waals surface area contributed by atoms with Crippen LogP contribution in [-0.4, -0.2) is 10.9 Å². The van der Waals surface area contributed by atoms with E-state index < -0.39 is 0 Å². The first kappa shape index (κ1) is 11.1. The molecule has 2 aromatic rings. The molecule has 0 radical (unpaired) electrons. The summed E-state index contributed by atoms with van der Waals surface area (Å²) >= 11 is 7.42. The van der Waals surface area contributed by atoms with Crippen LogP contribution in [0.1, 0.15) is 15.9 Å². The second-order valence-electron chi connectivity index (χ2n) is 3.28. The van der Waals surface area contributed by atoms with Gasteiger partial charge in [-0.2, -0.15) is 11.3 Å². The van der Waals surface area contributed by atoms with Gasteiger partial charge in [0.2, 0.25) is 0 Å². The van der Waals surface area contributed by atoms with E-state index in [0.29, 0.717) is 16.3 Å². The van der Waals surface area contributed by atoms with Gasteiger partial charge in [0.25, 0.3) is 5.91 Å². The number of aryl methyl sites for hydroxylation is 1.